The van der Waals surface area contributed by atoms with Gasteiger partial charge in [0, 0.05) is 16.1 Å². The Bertz CT molecular complexity index is 802. The number of nitrogens with zero attached hydrogens (tertiary/aromatic N) is 1. The van der Waals surface area contributed by atoms with E-state index in [1.165, 1.54) is 0 Å². The summed E-state index contributed by atoms with van der Waals surface area (Å²) in [5.41, 5.74) is -0.477. The number of carbonyl (C=O) groups is 3. The fraction of sp³-hybridized carbons (Fsp3) is 0.222. The SMILES string of the molecule is CCOC(=O)/C(C#N)=C(\C(=C/C(=O)OC)C(=O)OC)c1ccc(Br)cc1. The molecule has 0 amide bonds. The Balaban J connectivity index is 3.82. The number of methoxy groups -OCH3 is 2. The zero-order chi connectivity index (χ0) is 19.7. The number of carbonyl (C=O) groups excluding carboxylic acids is 3. The van der Waals surface area contributed by atoms with E-state index >= 15 is 0 Å². The zero-order valence-corrected chi connectivity index (χ0v) is 16.0. The molecule has 136 valence electrons. The highest BCUT2D eigenvalue weighted by Gasteiger charge is 2.26. The predicted molar refractivity (Wildman–Crippen MR) is 95.4 cm³/mol. The van der Waals surface area contributed by atoms with E-state index in [2.05, 4.69) is 20.7 Å². The van der Waals surface area contributed by atoms with Gasteiger partial charge in [-0.1, -0.05) is 28.1 Å². The summed E-state index contributed by atoms with van der Waals surface area (Å²) >= 11 is 3.28. The molecule has 7 nitrogen and oxygen atoms in total. The predicted octanol–water partition coefficient (Wildman–Crippen LogP) is 2.56. The molecule has 1 rings (SSSR count). The van der Waals surface area contributed by atoms with Gasteiger partial charge in [0.05, 0.1) is 26.4 Å². The molecular weight excluding hydrogens is 406 g/mol. The van der Waals surface area contributed by atoms with Crippen molar-refractivity contribution in [3.63, 3.8) is 0 Å². The summed E-state index contributed by atoms with van der Waals surface area (Å²) in [6.45, 7) is 1.61. The lowest BCUT2D eigenvalue weighted by molar-refractivity contribution is -0.138. The maximum atomic E-state index is 12.2. The van der Waals surface area contributed by atoms with Crippen LogP contribution in [0.5, 0.6) is 0 Å². The third kappa shape index (κ3) is 5.29. The quantitative estimate of drug-likeness (QED) is 0.228. The number of hydrogen-bond acceptors (Lipinski definition) is 7. The molecule has 8 heteroatoms. The van der Waals surface area contributed by atoms with Crippen molar-refractivity contribution in [3.05, 3.63) is 51.5 Å². The van der Waals surface area contributed by atoms with Crippen molar-refractivity contribution in [2.24, 2.45) is 0 Å². The molecule has 0 bridgehead atoms. The lowest BCUT2D eigenvalue weighted by Crippen LogP contribution is -2.15. The normalized spacial score (nSPS) is 11.7. The van der Waals surface area contributed by atoms with Gasteiger partial charge in [-0.25, -0.2) is 14.4 Å². The van der Waals surface area contributed by atoms with E-state index in [1.54, 1.807) is 37.3 Å². The Hall–Kier alpha value is -2.92. The van der Waals surface area contributed by atoms with Crippen molar-refractivity contribution in [1.82, 2.24) is 0 Å². The molecule has 0 saturated heterocycles. The monoisotopic (exact) mass is 421 g/mol. The van der Waals surface area contributed by atoms with E-state index in [0.29, 0.717) is 5.56 Å². The molecule has 0 radical (unpaired) electrons. The summed E-state index contributed by atoms with van der Waals surface area (Å²) in [6.07, 6.45) is 0.861. The van der Waals surface area contributed by atoms with Gasteiger partial charge in [0.25, 0.3) is 0 Å². The van der Waals surface area contributed by atoms with Crippen LogP contribution >= 0.6 is 15.9 Å². The number of hydrogen-bond donors (Lipinski definition) is 0. The lowest BCUT2D eigenvalue weighted by atomic mass is 9.92. The molecular formula is C18H16BrNO6. The van der Waals surface area contributed by atoms with Crippen molar-refractivity contribution >= 4 is 39.4 Å². The van der Waals surface area contributed by atoms with Crippen LogP contribution in [0.3, 0.4) is 0 Å². The third-order valence-electron chi connectivity index (χ3n) is 3.11. The van der Waals surface area contributed by atoms with E-state index < -0.39 is 23.5 Å². The van der Waals surface area contributed by atoms with E-state index in [4.69, 9.17) is 9.47 Å². The highest BCUT2D eigenvalue weighted by atomic mass is 79.9. The van der Waals surface area contributed by atoms with Gasteiger partial charge in [0.1, 0.15) is 11.6 Å². The molecule has 1 aromatic carbocycles. The van der Waals surface area contributed by atoms with Gasteiger partial charge in [-0.3, -0.25) is 0 Å². The third-order valence-corrected chi connectivity index (χ3v) is 3.64. The van der Waals surface area contributed by atoms with Crippen molar-refractivity contribution in [3.8, 4) is 6.07 Å². The Morgan fingerprint density at radius 1 is 1.12 bits per heavy atom. The van der Waals surface area contributed by atoms with Crippen molar-refractivity contribution in [2.75, 3.05) is 20.8 Å². The van der Waals surface area contributed by atoms with E-state index in [1.807, 2.05) is 0 Å². The molecule has 0 fully saturated rings. The first-order chi connectivity index (χ1) is 12.4. The largest absolute Gasteiger partial charge is 0.466 e. The van der Waals surface area contributed by atoms with E-state index in [-0.39, 0.29) is 17.8 Å². The van der Waals surface area contributed by atoms with Gasteiger partial charge in [-0.2, -0.15) is 5.26 Å². The highest BCUT2D eigenvalue weighted by Crippen LogP contribution is 2.29. The first kappa shape index (κ1) is 21.1. The van der Waals surface area contributed by atoms with Crippen LogP contribution in [0.2, 0.25) is 0 Å². The number of benzene rings is 1. The topological polar surface area (TPSA) is 103 Å². The molecule has 0 aliphatic rings. The zero-order valence-electron chi connectivity index (χ0n) is 14.4. The Morgan fingerprint density at radius 3 is 2.19 bits per heavy atom. The van der Waals surface area contributed by atoms with Crippen LogP contribution in [0, 0.1) is 11.3 Å². The van der Waals surface area contributed by atoms with Crippen molar-refractivity contribution < 1.29 is 28.6 Å². The first-order valence-electron chi connectivity index (χ1n) is 7.35. The average Bonchev–Trinajstić information content (AvgIpc) is 2.64. The summed E-state index contributed by atoms with van der Waals surface area (Å²) in [4.78, 5) is 36.2. The van der Waals surface area contributed by atoms with Gasteiger partial charge in [-0.15, -0.1) is 0 Å². The smallest absolute Gasteiger partial charge is 0.349 e. The minimum Gasteiger partial charge on any atom is -0.466 e. The second kappa shape index (κ2) is 10.2. The number of rotatable bonds is 6. The summed E-state index contributed by atoms with van der Waals surface area (Å²) < 4.78 is 14.9. The summed E-state index contributed by atoms with van der Waals surface area (Å²) in [7, 11) is 2.25. The van der Waals surface area contributed by atoms with E-state index in [9.17, 15) is 19.6 Å². The highest BCUT2D eigenvalue weighted by molar-refractivity contribution is 9.10. The van der Waals surface area contributed by atoms with Gasteiger partial charge < -0.3 is 14.2 Å². The molecule has 26 heavy (non-hydrogen) atoms. The van der Waals surface area contributed by atoms with E-state index in [0.717, 1.165) is 24.8 Å². The minimum absolute atomic E-state index is 0.0336. The number of esters is 3. The Labute approximate surface area is 159 Å². The minimum atomic E-state index is -0.924. The van der Waals surface area contributed by atoms with Crippen LogP contribution in [0.25, 0.3) is 5.57 Å². The molecule has 0 aliphatic carbocycles. The molecule has 0 heterocycles. The fourth-order valence-electron chi connectivity index (χ4n) is 1.98. The van der Waals surface area contributed by atoms with Crippen LogP contribution in [-0.4, -0.2) is 38.7 Å². The summed E-state index contributed by atoms with van der Waals surface area (Å²) in [5.74, 6) is -2.68. The molecule has 0 saturated carbocycles. The van der Waals surface area contributed by atoms with Crippen LogP contribution in [-0.2, 0) is 28.6 Å². The van der Waals surface area contributed by atoms with Crippen LogP contribution in [0.1, 0.15) is 12.5 Å². The van der Waals surface area contributed by atoms with Crippen LogP contribution in [0.4, 0.5) is 0 Å². The molecule has 0 unspecified atom stereocenters. The molecule has 0 atom stereocenters. The molecule has 1 aromatic rings. The standard InChI is InChI=1S/C18H16BrNO6/c1-4-26-18(23)14(10-20)16(11-5-7-12(19)8-6-11)13(17(22)25-3)9-15(21)24-2/h5-9H,4H2,1-3H3/b13-9+,16-14-. The lowest BCUT2D eigenvalue weighted by Gasteiger charge is -2.13. The van der Waals surface area contributed by atoms with Crippen molar-refractivity contribution in [1.29, 1.82) is 5.26 Å². The Morgan fingerprint density at radius 2 is 1.73 bits per heavy atom. The first-order valence-corrected chi connectivity index (χ1v) is 8.14. The summed E-state index contributed by atoms with van der Waals surface area (Å²) in [6, 6.07) is 8.20. The second-order valence-electron chi connectivity index (χ2n) is 4.66. The molecule has 0 aromatic heterocycles. The average molecular weight is 422 g/mol. The van der Waals surface area contributed by atoms with Gasteiger partial charge >= 0.3 is 17.9 Å². The molecule has 0 N–H and O–H groups in total. The second-order valence-corrected chi connectivity index (χ2v) is 5.58. The molecule has 0 spiro atoms. The fourth-order valence-corrected chi connectivity index (χ4v) is 2.24. The summed E-state index contributed by atoms with van der Waals surface area (Å²) in [5, 5.41) is 9.49. The van der Waals surface area contributed by atoms with Gasteiger partial charge in [-0.05, 0) is 24.6 Å². The van der Waals surface area contributed by atoms with Crippen LogP contribution < -0.4 is 0 Å². The van der Waals surface area contributed by atoms with Crippen molar-refractivity contribution in [2.45, 2.75) is 6.92 Å². The van der Waals surface area contributed by atoms with Crippen LogP contribution in [0.15, 0.2) is 46.0 Å². The molecule has 0 aliphatic heterocycles. The number of nitriles is 1. The number of ether oxygens (including phenoxy) is 3. The van der Waals surface area contributed by atoms with Gasteiger partial charge in [0.15, 0.2) is 0 Å². The van der Waals surface area contributed by atoms with Gasteiger partial charge in [0.2, 0.25) is 0 Å². The maximum absolute atomic E-state index is 12.2. The Kier molecular flexibility index (Phi) is 8.25. The maximum Gasteiger partial charge on any atom is 0.349 e. The number of halogens is 1.